The summed E-state index contributed by atoms with van der Waals surface area (Å²) in [6, 6.07) is 6.00. The second kappa shape index (κ2) is 6.22. The van der Waals surface area contributed by atoms with Crippen molar-refractivity contribution in [2.75, 3.05) is 5.32 Å². The van der Waals surface area contributed by atoms with Gasteiger partial charge in [-0.3, -0.25) is 5.43 Å². The molecule has 0 heterocycles. The Balaban J connectivity index is 2.90. The molecule has 0 aromatic heterocycles. The molecule has 0 aliphatic heterocycles. The molecule has 0 fully saturated rings. The summed E-state index contributed by atoms with van der Waals surface area (Å²) < 4.78 is 1.93. The van der Waals surface area contributed by atoms with Gasteiger partial charge < -0.3 is 5.32 Å². The molecule has 0 saturated carbocycles. The van der Waals surface area contributed by atoms with Crippen LogP contribution < -0.4 is 16.6 Å². The molecule has 0 aliphatic carbocycles. The van der Waals surface area contributed by atoms with Crippen LogP contribution in [0.4, 0.5) is 5.69 Å². The van der Waals surface area contributed by atoms with E-state index in [1.807, 2.05) is 32.0 Å². The van der Waals surface area contributed by atoms with Gasteiger partial charge >= 0.3 is 0 Å². The number of nitrogens with one attached hydrogen (secondary N) is 2. The maximum absolute atomic E-state index is 5.39. The predicted octanol–water partition coefficient (Wildman–Crippen LogP) is 2.85. The predicted molar refractivity (Wildman–Crippen MR) is 75.4 cm³/mol. The fraction of sp³-hybridized carbons (Fsp3) is 0.300. The highest BCUT2D eigenvalue weighted by atomic mass is 79.9. The number of rotatable bonds is 2. The van der Waals surface area contributed by atoms with Gasteiger partial charge in [0.15, 0.2) is 0 Å². The first kappa shape index (κ1) is 13.5. The summed E-state index contributed by atoms with van der Waals surface area (Å²) in [5.41, 5.74) is 3.43. The highest BCUT2D eigenvalue weighted by Gasteiger charge is 2.04. The van der Waals surface area contributed by atoms with E-state index < -0.39 is 0 Å². The summed E-state index contributed by atoms with van der Waals surface area (Å²) in [6.07, 6.45) is 0. The van der Waals surface area contributed by atoms with Gasteiger partial charge in [-0.25, -0.2) is 10.8 Å². The second-order valence-corrected chi connectivity index (χ2v) is 5.23. The van der Waals surface area contributed by atoms with E-state index in [1.54, 1.807) is 0 Å². The van der Waals surface area contributed by atoms with Crippen LogP contribution in [0.25, 0.3) is 0 Å². The molecule has 0 amide bonds. The van der Waals surface area contributed by atoms with E-state index >= 15 is 0 Å². The summed E-state index contributed by atoms with van der Waals surface area (Å²) >= 11 is 6.85. The summed E-state index contributed by atoms with van der Waals surface area (Å²) in [4.78, 5) is 4.29. The van der Waals surface area contributed by atoms with Crippen LogP contribution in [0.15, 0.2) is 32.1 Å². The first-order valence-corrected chi connectivity index (χ1v) is 6.38. The monoisotopic (exact) mass is 348 g/mol. The maximum atomic E-state index is 5.39. The first-order chi connectivity index (χ1) is 7.52. The third-order valence-electron chi connectivity index (χ3n) is 1.71. The Labute approximate surface area is 112 Å². The second-order valence-electron chi connectivity index (χ2n) is 3.46. The minimum absolute atomic E-state index is 0.171. The average Bonchev–Trinajstić information content (AvgIpc) is 2.21. The lowest BCUT2D eigenvalue weighted by Gasteiger charge is -2.12. The lowest BCUT2D eigenvalue weighted by atomic mass is 10.3. The Kier molecular flexibility index (Phi) is 5.24. The van der Waals surface area contributed by atoms with Crippen LogP contribution in [-0.4, -0.2) is 12.0 Å². The van der Waals surface area contributed by atoms with Gasteiger partial charge in [0.05, 0.1) is 5.69 Å². The third kappa shape index (κ3) is 4.11. The number of nitrogens with zero attached hydrogens (tertiary/aromatic N) is 1. The molecule has 0 radical (unpaired) electrons. The van der Waals surface area contributed by atoms with E-state index in [0.29, 0.717) is 5.96 Å². The van der Waals surface area contributed by atoms with Gasteiger partial charge in [-0.2, -0.15) is 0 Å². The van der Waals surface area contributed by atoms with Gasteiger partial charge in [0.1, 0.15) is 0 Å². The average molecular weight is 350 g/mol. The van der Waals surface area contributed by atoms with E-state index in [-0.39, 0.29) is 6.04 Å². The highest BCUT2D eigenvalue weighted by Crippen LogP contribution is 2.25. The van der Waals surface area contributed by atoms with Gasteiger partial charge in [0.25, 0.3) is 0 Å². The number of nitrogens with two attached hydrogens (primary N) is 1. The van der Waals surface area contributed by atoms with Gasteiger partial charge in [-0.05, 0) is 48.0 Å². The summed E-state index contributed by atoms with van der Waals surface area (Å²) in [6.45, 7) is 3.96. The van der Waals surface area contributed by atoms with Crippen molar-refractivity contribution in [1.29, 1.82) is 0 Å². The molecule has 0 spiro atoms. The van der Waals surface area contributed by atoms with Crippen LogP contribution in [0.3, 0.4) is 0 Å². The standard InChI is InChI=1S/C10H14Br2N4/c1-6(2)14-10(16-13)15-9-5-7(11)3-4-8(9)12/h3-6H,13H2,1-2H3,(H2,14,15,16). The minimum Gasteiger partial charge on any atom is -0.324 e. The van der Waals surface area contributed by atoms with Gasteiger partial charge in [0, 0.05) is 15.0 Å². The summed E-state index contributed by atoms with van der Waals surface area (Å²) in [5, 5.41) is 3.11. The number of anilines is 1. The molecular formula is C10H14Br2N4. The van der Waals surface area contributed by atoms with Crippen molar-refractivity contribution in [3.8, 4) is 0 Å². The normalized spacial score (nSPS) is 11.8. The van der Waals surface area contributed by atoms with Gasteiger partial charge in [-0.1, -0.05) is 15.9 Å². The maximum Gasteiger partial charge on any atom is 0.210 e. The zero-order valence-electron chi connectivity index (χ0n) is 9.09. The largest absolute Gasteiger partial charge is 0.324 e. The number of benzene rings is 1. The van der Waals surface area contributed by atoms with Crippen LogP contribution in [0.1, 0.15) is 13.8 Å². The van der Waals surface area contributed by atoms with Crippen LogP contribution in [0.2, 0.25) is 0 Å². The molecule has 0 bridgehead atoms. The SMILES string of the molecule is CC(C)N=C(NN)Nc1cc(Br)ccc1Br. The Hall–Kier alpha value is -0.590. The molecule has 16 heavy (non-hydrogen) atoms. The number of hydrogen-bond acceptors (Lipinski definition) is 2. The van der Waals surface area contributed by atoms with Crippen LogP contribution in [-0.2, 0) is 0 Å². The van der Waals surface area contributed by atoms with Gasteiger partial charge in [0.2, 0.25) is 5.96 Å². The lowest BCUT2D eigenvalue weighted by Crippen LogP contribution is -2.37. The molecule has 0 aliphatic rings. The van der Waals surface area contributed by atoms with Crippen LogP contribution >= 0.6 is 31.9 Å². The van der Waals surface area contributed by atoms with Crippen molar-refractivity contribution < 1.29 is 0 Å². The molecule has 4 N–H and O–H groups in total. The molecule has 0 saturated heterocycles. The highest BCUT2D eigenvalue weighted by molar-refractivity contribution is 9.11. The lowest BCUT2D eigenvalue weighted by molar-refractivity contribution is 0.819. The Morgan fingerprint density at radius 3 is 2.62 bits per heavy atom. The molecule has 0 unspecified atom stereocenters. The molecule has 1 rings (SSSR count). The molecule has 0 atom stereocenters. The Morgan fingerprint density at radius 2 is 2.06 bits per heavy atom. The molecule has 1 aromatic rings. The van der Waals surface area contributed by atoms with E-state index in [4.69, 9.17) is 5.84 Å². The van der Waals surface area contributed by atoms with Crippen molar-refractivity contribution in [3.63, 3.8) is 0 Å². The summed E-state index contributed by atoms with van der Waals surface area (Å²) in [5.74, 6) is 5.92. The smallest absolute Gasteiger partial charge is 0.210 e. The molecule has 6 heteroatoms. The van der Waals surface area contributed by atoms with Crippen LogP contribution in [0, 0.1) is 0 Å². The number of halogens is 2. The van der Waals surface area contributed by atoms with Crippen LogP contribution in [0.5, 0.6) is 0 Å². The topological polar surface area (TPSA) is 62.4 Å². The zero-order chi connectivity index (χ0) is 12.1. The van der Waals surface area contributed by atoms with E-state index in [2.05, 4.69) is 47.6 Å². The minimum atomic E-state index is 0.171. The number of guanidine groups is 1. The van der Waals surface area contributed by atoms with Crippen molar-refractivity contribution in [2.45, 2.75) is 19.9 Å². The van der Waals surface area contributed by atoms with E-state index in [9.17, 15) is 0 Å². The van der Waals surface area contributed by atoms with Crippen molar-refractivity contribution in [3.05, 3.63) is 27.1 Å². The summed E-state index contributed by atoms with van der Waals surface area (Å²) in [7, 11) is 0. The van der Waals surface area contributed by atoms with Crippen molar-refractivity contribution in [2.24, 2.45) is 10.8 Å². The first-order valence-electron chi connectivity index (χ1n) is 4.79. The Bertz CT molecular complexity index is 390. The fourth-order valence-corrected chi connectivity index (χ4v) is 1.79. The van der Waals surface area contributed by atoms with Crippen molar-refractivity contribution >= 4 is 43.5 Å². The van der Waals surface area contributed by atoms with Gasteiger partial charge in [-0.15, -0.1) is 0 Å². The number of hydrazine groups is 1. The fourth-order valence-electron chi connectivity index (χ4n) is 1.08. The quantitative estimate of drug-likeness (QED) is 0.333. The molecule has 1 aromatic carbocycles. The third-order valence-corrected chi connectivity index (χ3v) is 2.89. The molecule has 4 nitrogen and oxygen atoms in total. The van der Waals surface area contributed by atoms with E-state index in [1.165, 1.54) is 0 Å². The Morgan fingerprint density at radius 1 is 1.38 bits per heavy atom. The van der Waals surface area contributed by atoms with Crippen molar-refractivity contribution in [1.82, 2.24) is 5.43 Å². The van der Waals surface area contributed by atoms with E-state index in [0.717, 1.165) is 14.6 Å². The zero-order valence-corrected chi connectivity index (χ0v) is 12.3. The number of hydrogen-bond donors (Lipinski definition) is 3. The molecule has 88 valence electrons. The number of aliphatic imine (C=N–C) groups is 1. The molecular weight excluding hydrogens is 336 g/mol.